The second-order valence-electron chi connectivity index (χ2n) is 4.57. The SMILES string of the molecule is N#CSc1ccc(NC(=O)CSCc2ccc(C#N)cc2)cc1. The van der Waals surface area contributed by atoms with Crippen LogP contribution >= 0.6 is 23.5 Å². The smallest absolute Gasteiger partial charge is 0.234 e. The standard InChI is InChI=1S/C17H13N3OS2/c18-9-13-1-3-14(4-2-13)10-22-11-17(21)20-15-5-7-16(8-6-15)23-12-19/h1-8H,10-11H2,(H,20,21). The number of carbonyl (C=O) groups is 1. The summed E-state index contributed by atoms with van der Waals surface area (Å²) in [5.74, 6) is 1.01. The second-order valence-corrected chi connectivity index (χ2v) is 6.41. The third-order valence-corrected chi connectivity index (χ3v) is 4.49. The Balaban J connectivity index is 1.76. The first-order chi connectivity index (χ1) is 11.2. The number of thioether (sulfide) groups is 2. The van der Waals surface area contributed by atoms with Crippen LogP contribution in [0.1, 0.15) is 11.1 Å². The van der Waals surface area contributed by atoms with Gasteiger partial charge in [0.25, 0.3) is 0 Å². The first-order valence-corrected chi connectivity index (χ1v) is 8.71. The number of amides is 1. The number of carbonyl (C=O) groups excluding carboxylic acids is 1. The van der Waals surface area contributed by atoms with E-state index in [1.165, 1.54) is 11.8 Å². The predicted octanol–water partition coefficient (Wildman–Crippen LogP) is 4.00. The molecule has 6 heteroatoms. The summed E-state index contributed by atoms with van der Waals surface area (Å²) in [5.41, 5.74) is 2.44. The number of nitriles is 2. The van der Waals surface area contributed by atoms with Crippen LogP contribution in [0.25, 0.3) is 0 Å². The number of anilines is 1. The molecule has 0 unspecified atom stereocenters. The maximum atomic E-state index is 11.9. The zero-order chi connectivity index (χ0) is 16.5. The molecule has 114 valence electrons. The first-order valence-electron chi connectivity index (χ1n) is 6.74. The summed E-state index contributed by atoms with van der Waals surface area (Å²) in [7, 11) is 0. The van der Waals surface area contributed by atoms with Crippen molar-refractivity contribution in [2.24, 2.45) is 0 Å². The lowest BCUT2D eigenvalue weighted by molar-refractivity contribution is -0.113. The molecule has 2 rings (SSSR count). The van der Waals surface area contributed by atoms with E-state index in [0.717, 1.165) is 33.7 Å². The average molecular weight is 339 g/mol. The van der Waals surface area contributed by atoms with Crippen molar-refractivity contribution in [2.75, 3.05) is 11.1 Å². The highest BCUT2D eigenvalue weighted by molar-refractivity contribution is 8.03. The average Bonchev–Trinajstić information content (AvgIpc) is 2.57. The zero-order valence-electron chi connectivity index (χ0n) is 12.2. The number of benzene rings is 2. The molecule has 0 fully saturated rings. The van der Waals surface area contributed by atoms with E-state index in [2.05, 4.69) is 11.4 Å². The Kier molecular flexibility index (Phi) is 6.56. The lowest BCUT2D eigenvalue weighted by Gasteiger charge is -2.06. The van der Waals surface area contributed by atoms with Gasteiger partial charge in [0, 0.05) is 16.3 Å². The molecule has 0 spiro atoms. The molecule has 2 aromatic rings. The van der Waals surface area contributed by atoms with Crippen molar-refractivity contribution < 1.29 is 4.79 Å². The Labute approximate surface area is 143 Å². The molecule has 0 radical (unpaired) electrons. The fraction of sp³-hybridized carbons (Fsp3) is 0.118. The van der Waals surface area contributed by atoms with E-state index in [1.54, 1.807) is 36.4 Å². The first kappa shape index (κ1) is 17.0. The van der Waals surface area contributed by atoms with Gasteiger partial charge in [0.1, 0.15) is 5.40 Å². The van der Waals surface area contributed by atoms with E-state index < -0.39 is 0 Å². The summed E-state index contributed by atoms with van der Waals surface area (Å²) in [6, 6.07) is 16.6. The van der Waals surface area contributed by atoms with Crippen LogP contribution in [0, 0.1) is 22.0 Å². The lowest BCUT2D eigenvalue weighted by Crippen LogP contribution is -2.14. The zero-order valence-corrected chi connectivity index (χ0v) is 13.8. The van der Waals surface area contributed by atoms with Gasteiger partial charge in [0.15, 0.2) is 0 Å². The number of hydrogen-bond donors (Lipinski definition) is 1. The van der Waals surface area contributed by atoms with Crippen molar-refractivity contribution in [3.8, 4) is 11.5 Å². The summed E-state index contributed by atoms with van der Waals surface area (Å²) >= 11 is 2.60. The topological polar surface area (TPSA) is 76.7 Å². The summed E-state index contributed by atoms with van der Waals surface area (Å²) in [5, 5.41) is 22.1. The van der Waals surface area contributed by atoms with Crippen molar-refractivity contribution in [1.82, 2.24) is 0 Å². The molecule has 0 aliphatic heterocycles. The Bertz CT molecular complexity index is 743. The molecule has 0 atom stereocenters. The van der Waals surface area contributed by atoms with Crippen LogP contribution in [-0.4, -0.2) is 11.7 Å². The van der Waals surface area contributed by atoms with Gasteiger partial charge in [0.05, 0.1) is 17.4 Å². The van der Waals surface area contributed by atoms with E-state index in [9.17, 15) is 4.79 Å². The highest BCUT2D eigenvalue weighted by atomic mass is 32.2. The fourth-order valence-electron chi connectivity index (χ4n) is 1.79. The maximum Gasteiger partial charge on any atom is 0.234 e. The van der Waals surface area contributed by atoms with Crippen LogP contribution < -0.4 is 5.32 Å². The fourth-order valence-corrected chi connectivity index (χ4v) is 2.96. The second kappa shape index (κ2) is 8.89. The summed E-state index contributed by atoms with van der Waals surface area (Å²) < 4.78 is 0. The summed E-state index contributed by atoms with van der Waals surface area (Å²) in [6.07, 6.45) is 0. The molecule has 0 aromatic heterocycles. The van der Waals surface area contributed by atoms with Gasteiger partial charge in [-0.05, 0) is 53.7 Å². The molecule has 0 aliphatic rings. The van der Waals surface area contributed by atoms with E-state index in [1.807, 2.05) is 17.5 Å². The number of nitrogens with one attached hydrogen (secondary N) is 1. The molecule has 0 heterocycles. The van der Waals surface area contributed by atoms with Crippen LogP contribution in [-0.2, 0) is 10.5 Å². The van der Waals surface area contributed by atoms with Crippen molar-refractivity contribution >= 4 is 35.1 Å². The highest BCUT2D eigenvalue weighted by Gasteiger charge is 2.04. The Morgan fingerprint density at radius 1 is 1.04 bits per heavy atom. The van der Waals surface area contributed by atoms with E-state index >= 15 is 0 Å². The third-order valence-electron chi connectivity index (χ3n) is 2.89. The summed E-state index contributed by atoms with van der Waals surface area (Å²) in [4.78, 5) is 12.7. The van der Waals surface area contributed by atoms with E-state index in [-0.39, 0.29) is 5.91 Å². The van der Waals surface area contributed by atoms with Gasteiger partial charge >= 0.3 is 0 Å². The van der Waals surface area contributed by atoms with Crippen molar-refractivity contribution in [2.45, 2.75) is 10.6 Å². The monoisotopic (exact) mass is 339 g/mol. The Morgan fingerprint density at radius 3 is 2.35 bits per heavy atom. The molecule has 1 amide bonds. The normalized spacial score (nSPS) is 9.65. The number of nitrogens with zero attached hydrogens (tertiary/aromatic N) is 2. The van der Waals surface area contributed by atoms with Gasteiger partial charge in [-0.25, -0.2) is 0 Å². The molecule has 0 saturated heterocycles. The van der Waals surface area contributed by atoms with Crippen molar-refractivity contribution in [3.63, 3.8) is 0 Å². The van der Waals surface area contributed by atoms with Crippen LogP contribution in [0.4, 0.5) is 5.69 Å². The molecule has 1 N–H and O–H groups in total. The third kappa shape index (κ3) is 5.71. The van der Waals surface area contributed by atoms with Gasteiger partial charge in [-0.1, -0.05) is 12.1 Å². The van der Waals surface area contributed by atoms with E-state index in [0.29, 0.717) is 11.3 Å². The van der Waals surface area contributed by atoms with Crippen LogP contribution in [0.5, 0.6) is 0 Å². The minimum atomic E-state index is -0.0654. The van der Waals surface area contributed by atoms with Gasteiger partial charge in [-0.3, -0.25) is 4.79 Å². The van der Waals surface area contributed by atoms with Crippen LogP contribution in [0.3, 0.4) is 0 Å². The van der Waals surface area contributed by atoms with Gasteiger partial charge < -0.3 is 5.32 Å². The van der Waals surface area contributed by atoms with Crippen molar-refractivity contribution in [3.05, 3.63) is 59.7 Å². The molecule has 0 aliphatic carbocycles. The molecular formula is C17H13N3OS2. The minimum Gasteiger partial charge on any atom is -0.325 e. The molecule has 2 aromatic carbocycles. The Morgan fingerprint density at radius 2 is 1.74 bits per heavy atom. The maximum absolute atomic E-state index is 11.9. The lowest BCUT2D eigenvalue weighted by atomic mass is 10.2. The molecule has 0 saturated carbocycles. The van der Waals surface area contributed by atoms with Gasteiger partial charge in [0.2, 0.25) is 5.91 Å². The van der Waals surface area contributed by atoms with Crippen molar-refractivity contribution in [1.29, 1.82) is 10.5 Å². The molecule has 4 nitrogen and oxygen atoms in total. The largest absolute Gasteiger partial charge is 0.325 e. The summed E-state index contributed by atoms with van der Waals surface area (Å²) in [6.45, 7) is 0. The number of rotatable bonds is 6. The minimum absolute atomic E-state index is 0.0654. The highest BCUT2D eigenvalue weighted by Crippen LogP contribution is 2.19. The predicted molar refractivity (Wildman–Crippen MR) is 93.9 cm³/mol. The molecule has 23 heavy (non-hydrogen) atoms. The molecule has 0 bridgehead atoms. The Hall–Kier alpha value is -2.41. The van der Waals surface area contributed by atoms with Crippen LogP contribution in [0.15, 0.2) is 53.4 Å². The van der Waals surface area contributed by atoms with Crippen LogP contribution in [0.2, 0.25) is 0 Å². The van der Waals surface area contributed by atoms with E-state index in [4.69, 9.17) is 10.5 Å². The van der Waals surface area contributed by atoms with Gasteiger partial charge in [-0.2, -0.15) is 10.5 Å². The molecular weight excluding hydrogens is 326 g/mol. The quantitative estimate of drug-likeness (QED) is 0.636. The van der Waals surface area contributed by atoms with Gasteiger partial charge in [-0.15, -0.1) is 11.8 Å². The number of thiocyanates is 1. The number of hydrogen-bond acceptors (Lipinski definition) is 5.